The molecule has 4 rings (SSSR count). The Hall–Kier alpha value is -3.38. The smallest absolute Gasteiger partial charge is 0.270 e. The van der Waals surface area contributed by atoms with Crippen LogP contribution in [0.4, 0.5) is 0 Å². The monoisotopic (exact) mass is 389 g/mol. The van der Waals surface area contributed by atoms with E-state index in [1.165, 1.54) is 11.3 Å². The maximum atomic E-state index is 12.5. The Balaban J connectivity index is 1.65. The predicted octanol–water partition coefficient (Wildman–Crippen LogP) is 4.98. The molecule has 1 amide bonds. The van der Waals surface area contributed by atoms with Gasteiger partial charge in [-0.3, -0.25) is 14.9 Å². The van der Waals surface area contributed by atoms with Crippen LogP contribution >= 0.6 is 11.3 Å². The molecule has 0 bridgehead atoms. The first-order chi connectivity index (χ1) is 13.5. The number of nitrogens with zero attached hydrogens (tertiary/aromatic N) is 2. The van der Waals surface area contributed by atoms with Gasteiger partial charge in [0, 0.05) is 27.9 Å². The molecule has 140 valence electrons. The van der Waals surface area contributed by atoms with Crippen molar-refractivity contribution in [3.63, 3.8) is 0 Å². The number of aromatic nitrogens is 2. The average molecular weight is 389 g/mol. The van der Waals surface area contributed by atoms with E-state index in [0.717, 1.165) is 27.7 Å². The van der Waals surface area contributed by atoms with Crippen LogP contribution < -0.4 is 5.43 Å². The molecule has 0 radical (unpaired) electrons. The van der Waals surface area contributed by atoms with Crippen molar-refractivity contribution in [2.45, 2.75) is 13.8 Å². The number of para-hydroxylation sites is 1. The molecule has 0 unspecified atom stereocenters. The van der Waals surface area contributed by atoms with Gasteiger partial charge in [0.2, 0.25) is 0 Å². The summed E-state index contributed by atoms with van der Waals surface area (Å²) < 4.78 is 1.78. The molecule has 28 heavy (non-hydrogen) atoms. The highest BCUT2D eigenvalue weighted by molar-refractivity contribution is 7.13. The summed E-state index contributed by atoms with van der Waals surface area (Å²) >= 11 is 1.48. The Kier molecular flexibility index (Phi) is 4.71. The fourth-order valence-electron chi connectivity index (χ4n) is 3.13. The molecule has 0 aliphatic heterocycles. The number of nitrogens with one attached hydrogen (secondary N) is 1. The molecule has 0 saturated heterocycles. The molecule has 0 fully saturated rings. The van der Waals surface area contributed by atoms with Gasteiger partial charge in [0.25, 0.3) is 5.91 Å². The summed E-state index contributed by atoms with van der Waals surface area (Å²) in [6.07, 6.45) is 0. The maximum Gasteiger partial charge on any atom is 0.270 e. The predicted molar refractivity (Wildman–Crippen MR) is 112 cm³/mol. The summed E-state index contributed by atoms with van der Waals surface area (Å²) in [6, 6.07) is 18.3. The molecule has 2 aromatic carbocycles. The van der Waals surface area contributed by atoms with Crippen LogP contribution in [0.15, 0.2) is 66.0 Å². The van der Waals surface area contributed by atoms with Gasteiger partial charge >= 0.3 is 0 Å². The van der Waals surface area contributed by atoms with Crippen LogP contribution in [0, 0.1) is 13.8 Å². The second-order valence-corrected chi connectivity index (χ2v) is 7.34. The number of hydrogen-bond acceptors (Lipinski definition) is 4. The molecule has 2 aromatic heterocycles. The van der Waals surface area contributed by atoms with Crippen LogP contribution in [0.25, 0.3) is 21.8 Å². The number of thiazole rings is 1. The van der Waals surface area contributed by atoms with Crippen molar-refractivity contribution in [3.05, 3.63) is 83.0 Å². The van der Waals surface area contributed by atoms with E-state index in [1.54, 1.807) is 28.9 Å². The summed E-state index contributed by atoms with van der Waals surface area (Å²) in [5, 5.41) is 12.8. The van der Waals surface area contributed by atoms with E-state index in [2.05, 4.69) is 5.43 Å². The Morgan fingerprint density at radius 3 is 2.50 bits per heavy atom. The third kappa shape index (κ3) is 3.30. The van der Waals surface area contributed by atoms with E-state index in [9.17, 15) is 9.90 Å². The lowest BCUT2D eigenvalue weighted by Crippen LogP contribution is -2.24. The first kappa shape index (κ1) is 18.0. The van der Waals surface area contributed by atoms with Gasteiger partial charge in [-0.05, 0) is 44.2 Å². The largest absolute Gasteiger partial charge is 0.507 e. The molecule has 0 saturated carbocycles. The fraction of sp³-hybridized carbons (Fsp3) is 0.0909. The van der Waals surface area contributed by atoms with E-state index in [-0.39, 0.29) is 11.7 Å². The third-order valence-corrected chi connectivity index (χ3v) is 5.47. The molecule has 0 aliphatic carbocycles. The molecule has 4 aromatic rings. The number of amides is 1. The van der Waals surface area contributed by atoms with Crippen molar-refractivity contribution in [1.82, 2.24) is 9.66 Å². The van der Waals surface area contributed by atoms with Gasteiger partial charge in [-0.2, -0.15) is 0 Å². The average Bonchev–Trinajstić information content (AvgIpc) is 3.29. The quantitative estimate of drug-likeness (QED) is 0.517. The Morgan fingerprint density at radius 2 is 1.75 bits per heavy atom. The number of aryl methyl sites for hydroxylation is 1. The first-order valence-corrected chi connectivity index (χ1v) is 9.72. The number of carbonyl (C=O) groups excluding carboxylic acids is 1. The minimum Gasteiger partial charge on any atom is -0.507 e. The van der Waals surface area contributed by atoms with Crippen LogP contribution in [0.1, 0.15) is 21.7 Å². The molecule has 6 heteroatoms. The minimum atomic E-state index is -0.165. The van der Waals surface area contributed by atoms with Gasteiger partial charge < -0.3 is 5.11 Å². The van der Waals surface area contributed by atoms with Crippen molar-refractivity contribution >= 4 is 17.2 Å². The molecule has 5 nitrogen and oxygen atoms in total. The summed E-state index contributed by atoms with van der Waals surface area (Å²) in [6.45, 7) is 3.89. The molecule has 0 atom stereocenters. The topological polar surface area (TPSA) is 67.2 Å². The van der Waals surface area contributed by atoms with Gasteiger partial charge in [-0.1, -0.05) is 30.3 Å². The number of phenolic OH excluding ortho intramolecular Hbond substituents is 1. The summed E-state index contributed by atoms with van der Waals surface area (Å²) in [4.78, 5) is 17.2. The van der Waals surface area contributed by atoms with Gasteiger partial charge in [-0.25, -0.2) is 4.98 Å². The molecular formula is C22H19N3O2S. The lowest BCUT2D eigenvalue weighted by Gasteiger charge is -2.11. The summed E-state index contributed by atoms with van der Waals surface area (Å²) in [5.41, 5.74) is 7.84. The van der Waals surface area contributed by atoms with Crippen LogP contribution in [-0.2, 0) is 0 Å². The lowest BCUT2D eigenvalue weighted by molar-refractivity contribution is 0.101. The Morgan fingerprint density at radius 1 is 1.04 bits per heavy atom. The highest BCUT2D eigenvalue weighted by Crippen LogP contribution is 2.35. The lowest BCUT2D eigenvalue weighted by atomic mass is 10.2. The summed E-state index contributed by atoms with van der Waals surface area (Å²) in [7, 11) is 0. The summed E-state index contributed by atoms with van der Waals surface area (Å²) in [5.74, 6) is 0.0473. The zero-order valence-electron chi connectivity index (χ0n) is 15.5. The highest BCUT2D eigenvalue weighted by Gasteiger charge is 2.17. The zero-order valence-corrected chi connectivity index (χ0v) is 16.3. The number of benzene rings is 2. The first-order valence-electron chi connectivity index (χ1n) is 8.84. The third-order valence-electron chi connectivity index (χ3n) is 4.60. The van der Waals surface area contributed by atoms with Crippen molar-refractivity contribution < 1.29 is 9.90 Å². The number of phenols is 1. The molecule has 2 N–H and O–H groups in total. The molecule has 0 spiro atoms. The normalized spacial score (nSPS) is 10.8. The number of carbonyl (C=O) groups is 1. The van der Waals surface area contributed by atoms with E-state index in [1.807, 2.05) is 55.6 Å². The number of aromatic hydroxyl groups is 1. The maximum absolute atomic E-state index is 12.5. The molecule has 2 heterocycles. The van der Waals surface area contributed by atoms with Crippen molar-refractivity contribution in [2.75, 3.05) is 5.43 Å². The number of rotatable bonds is 4. The Labute approximate surface area is 166 Å². The second kappa shape index (κ2) is 7.32. The van der Waals surface area contributed by atoms with E-state index < -0.39 is 0 Å². The van der Waals surface area contributed by atoms with Crippen molar-refractivity contribution in [1.29, 1.82) is 0 Å². The zero-order chi connectivity index (χ0) is 19.7. The second-order valence-electron chi connectivity index (χ2n) is 6.48. The van der Waals surface area contributed by atoms with E-state index >= 15 is 0 Å². The van der Waals surface area contributed by atoms with Gasteiger partial charge in [0.05, 0.1) is 11.3 Å². The molecular weight excluding hydrogens is 370 g/mol. The van der Waals surface area contributed by atoms with Gasteiger partial charge in [0.15, 0.2) is 0 Å². The van der Waals surface area contributed by atoms with Crippen LogP contribution in [-0.4, -0.2) is 20.7 Å². The minimum absolute atomic E-state index is 0.165. The molecule has 0 aliphatic rings. The van der Waals surface area contributed by atoms with Crippen LogP contribution in [0.5, 0.6) is 5.75 Å². The number of hydrogen-bond donors (Lipinski definition) is 2. The fourth-order valence-corrected chi connectivity index (χ4v) is 3.98. The van der Waals surface area contributed by atoms with Gasteiger partial charge in [-0.15, -0.1) is 11.3 Å². The highest BCUT2D eigenvalue weighted by atomic mass is 32.1. The standard InChI is InChI=1S/C22H19N3O2S/c1-14-12-18(15(2)25(14)24-21(27)16-8-4-3-5-9-16)19-13-28-22(23-19)17-10-6-7-11-20(17)26/h3-13,26H,1-2H3,(H,24,27). The van der Waals surface area contributed by atoms with Crippen LogP contribution in [0.2, 0.25) is 0 Å². The van der Waals surface area contributed by atoms with E-state index in [4.69, 9.17) is 4.98 Å². The van der Waals surface area contributed by atoms with Crippen LogP contribution in [0.3, 0.4) is 0 Å². The van der Waals surface area contributed by atoms with Crippen molar-refractivity contribution in [3.8, 4) is 27.6 Å². The van der Waals surface area contributed by atoms with Gasteiger partial charge in [0.1, 0.15) is 10.8 Å². The Bertz CT molecular complexity index is 1150. The van der Waals surface area contributed by atoms with Crippen molar-refractivity contribution in [2.24, 2.45) is 0 Å². The van der Waals surface area contributed by atoms with E-state index in [0.29, 0.717) is 11.1 Å². The SMILES string of the molecule is Cc1cc(-c2csc(-c3ccccc3O)n2)c(C)n1NC(=O)c1ccccc1.